The molecule has 0 aliphatic carbocycles. The Hall–Kier alpha value is -0.600. The lowest BCUT2D eigenvalue weighted by Gasteiger charge is -2.17. The molecule has 2 rings (SSSR count). The van der Waals surface area contributed by atoms with Crippen molar-refractivity contribution >= 4 is 11.6 Å². The molecule has 2 unspecified atom stereocenters. The van der Waals surface area contributed by atoms with Gasteiger partial charge in [-0.15, -0.1) is 11.6 Å². The molecule has 1 aliphatic heterocycles. The lowest BCUT2D eigenvalue weighted by Crippen LogP contribution is -2.10. The van der Waals surface area contributed by atoms with E-state index in [2.05, 4.69) is 11.9 Å². The van der Waals surface area contributed by atoms with Crippen LogP contribution in [0.25, 0.3) is 0 Å². The standard InChI is InChI=1S/C11H14ClNO/c1-8-2-4-13-7-10(8)11-9(6-12)3-5-14-11/h2,4,7,9,11H,3,5-6H2,1H3. The third-order valence-corrected chi connectivity index (χ3v) is 3.19. The molecular weight excluding hydrogens is 198 g/mol. The number of nitrogens with zero attached hydrogens (tertiary/aromatic N) is 1. The van der Waals surface area contributed by atoms with Gasteiger partial charge in [0.15, 0.2) is 0 Å². The molecule has 0 radical (unpaired) electrons. The Kier molecular flexibility index (Phi) is 3.04. The van der Waals surface area contributed by atoms with Gasteiger partial charge in [-0.3, -0.25) is 4.98 Å². The Labute approximate surface area is 89.3 Å². The molecule has 0 N–H and O–H groups in total. The summed E-state index contributed by atoms with van der Waals surface area (Å²) in [5, 5.41) is 0. The first-order valence-electron chi connectivity index (χ1n) is 4.91. The molecule has 1 saturated heterocycles. The van der Waals surface area contributed by atoms with Crippen LogP contribution in [0.1, 0.15) is 23.7 Å². The number of ether oxygens (including phenoxy) is 1. The third-order valence-electron chi connectivity index (χ3n) is 2.80. The van der Waals surface area contributed by atoms with Crippen LogP contribution in [0.4, 0.5) is 0 Å². The minimum absolute atomic E-state index is 0.154. The van der Waals surface area contributed by atoms with E-state index in [1.54, 1.807) is 0 Å². The van der Waals surface area contributed by atoms with Crippen LogP contribution in [-0.2, 0) is 4.74 Å². The first-order chi connectivity index (χ1) is 6.83. The van der Waals surface area contributed by atoms with Crippen LogP contribution in [0.2, 0.25) is 0 Å². The molecule has 1 aliphatic rings. The second-order valence-corrected chi connectivity index (χ2v) is 4.04. The summed E-state index contributed by atoms with van der Waals surface area (Å²) in [4.78, 5) is 4.14. The summed E-state index contributed by atoms with van der Waals surface area (Å²) in [6, 6.07) is 2.02. The van der Waals surface area contributed by atoms with E-state index in [9.17, 15) is 0 Å². The Balaban J connectivity index is 2.26. The summed E-state index contributed by atoms with van der Waals surface area (Å²) >= 11 is 5.90. The molecule has 76 valence electrons. The average Bonchev–Trinajstić information content (AvgIpc) is 2.66. The maximum Gasteiger partial charge on any atom is 0.0882 e. The number of halogens is 1. The number of aromatic nitrogens is 1. The van der Waals surface area contributed by atoms with E-state index >= 15 is 0 Å². The van der Waals surface area contributed by atoms with E-state index in [1.165, 1.54) is 11.1 Å². The van der Waals surface area contributed by atoms with Crippen LogP contribution in [0, 0.1) is 12.8 Å². The van der Waals surface area contributed by atoms with Crippen LogP contribution in [0.3, 0.4) is 0 Å². The zero-order valence-electron chi connectivity index (χ0n) is 8.24. The summed E-state index contributed by atoms with van der Waals surface area (Å²) in [6.07, 6.45) is 4.91. The van der Waals surface area contributed by atoms with Crippen LogP contribution >= 0.6 is 11.6 Å². The normalized spacial score (nSPS) is 26.7. The number of rotatable bonds is 2. The van der Waals surface area contributed by atoms with Crippen molar-refractivity contribution in [3.63, 3.8) is 0 Å². The topological polar surface area (TPSA) is 22.1 Å². The molecule has 0 spiro atoms. The molecule has 0 aromatic carbocycles. The lowest BCUT2D eigenvalue weighted by atomic mass is 9.95. The average molecular weight is 212 g/mol. The fraction of sp³-hybridized carbons (Fsp3) is 0.545. The van der Waals surface area contributed by atoms with Gasteiger partial charge in [-0.05, 0) is 25.0 Å². The predicted molar refractivity (Wildman–Crippen MR) is 56.5 cm³/mol. The number of alkyl halides is 1. The van der Waals surface area contributed by atoms with Crippen molar-refractivity contribution in [2.45, 2.75) is 19.4 Å². The Bertz CT molecular complexity index is 316. The summed E-state index contributed by atoms with van der Waals surface area (Å²) in [5.74, 6) is 1.11. The minimum atomic E-state index is 0.154. The van der Waals surface area contributed by atoms with Gasteiger partial charge >= 0.3 is 0 Å². The Morgan fingerprint density at radius 2 is 2.50 bits per heavy atom. The zero-order valence-corrected chi connectivity index (χ0v) is 9.00. The third kappa shape index (κ3) is 1.77. The highest BCUT2D eigenvalue weighted by atomic mass is 35.5. The summed E-state index contributed by atoms with van der Waals surface area (Å²) in [6.45, 7) is 2.90. The molecule has 14 heavy (non-hydrogen) atoms. The van der Waals surface area contributed by atoms with Gasteiger partial charge in [-0.2, -0.15) is 0 Å². The van der Waals surface area contributed by atoms with Crippen molar-refractivity contribution in [2.24, 2.45) is 5.92 Å². The van der Waals surface area contributed by atoms with Gasteiger partial charge in [-0.1, -0.05) is 0 Å². The fourth-order valence-electron chi connectivity index (χ4n) is 1.91. The maximum atomic E-state index is 5.90. The maximum absolute atomic E-state index is 5.90. The fourth-order valence-corrected chi connectivity index (χ4v) is 2.23. The van der Waals surface area contributed by atoms with Crippen molar-refractivity contribution in [3.05, 3.63) is 29.6 Å². The molecule has 2 atom stereocenters. The van der Waals surface area contributed by atoms with Crippen molar-refractivity contribution in [1.29, 1.82) is 0 Å². The quantitative estimate of drug-likeness (QED) is 0.702. The van der Waals surface area contributed by atoms with Gasteiger partial charge in [0, 0.05) is 36.4 Å². The van der Waals surface area contributed by atoms with Crippen LogP contribution < -0.4 is 0 Å². The van der Waals surface area contributed by atoms with Crippen molar-refractivity contribution < 1.29 is 4.74 Å². The van der Waals surface area contributed by atoms with E-state index in [0.29, 0.717) is 11.8 Å². The second kappa shape index (κ2) is 4.28. The number of hydrogen-bond acceptors (Lipinski definition) is 2. The molecule has 0 amide bonds. The van der Waals surface area contributed by atoms with Gasteiger partial charge in [0.05, 0.1) is 6.10 Å². The van der Waals surface area contributed by atoms with Crippen LogP contribution in [0.15, 0.2) is 18.5 Å². The Morgan fingerprint density at radius 1 is 1.64 bits per heavy atom. The highest BCUT2D eigenvalue weighted by Gasteiger charge is 2.29. The van der Waals surface area contributed by atoms with Gasteiger partial charge in [0.2, 0.25) is 0 Å². The largest absolute Gasteiger partial charge is 0.373 e. The smallest absolute Gasteiger partial charge is 0.0882 e. The highest BCUT2D eigenvalue weighted by Crippen LogP contribution is 2.36. The first kappa shape index (κ1) is 9.94. The first-order valence-corrected chi connectivity index (χ1v) is 5.44. The second-order valence-electron chi connectivity index (χ2n) is 3.73. The Morgan fingerprint density at radius 3 is 3.21 bits per heavy atom. The van der Waals surface area contributed by atoms with Crippen LogP contribution in [0.5, 0.6) is 0 Å². The highest BCUT2D eigenvalue weighted by molar-refractivity contribution is 6.18. The van der Waals surface area contributed by atoms with Crippen molar-refractivity contribution in [1.82, 2.24) is 4.98 Å². The molecule has 1 aromatic rings. The predicted octanol–water partition coefficient (Wildman–Crippen LogP) is 2.71. The monoisotopic (exact) mass is 211 g/mol. The van der Waals surface area contributed by atoms with E-state index < -0.39 is 0 Å². The van der Waals surface area contributed by atoms with Gasteiger partial charge < -0.3 is 4.74 Å². The number of pyridine rings is 1. The molecule has 0 saturated carbocycles. The number of aryl methyl sites for hydroxylation is 1. The molecule has 2 heterocycles. The van der Waals surface area contributed by atoms with Crippen molar-refractivity contribution in [3.8, 4) is 0 Å². The summed E-state index contributed by atoms with van der Waals surface area (Å²) in [5.41, 5.74) is 2.43. The van der Waals surface area contributed by atoms with Gasteiger partial charge in [0.25, 0.3) is 0 Å². The molecule has 1 aromatic heterocycles. The lowest BCUT2D eigenvalue weighted by molar-refractivity contribution is 0.0944. The zero-order chi connectivity index (χ0) is 9.97. The SMILES string of the molecule is Cc1ccncc1C1OCCC1CCl. The van der Waals surface area contributed by atoms with Gasteiger partial charge in [0.1, 0.15) is 0 Å². The van der Waals surface area contributed by atoms with E-state index in [0.717, 1.165) is 13.0 Å². The van der Waals surface area contributed by atoms with E-state index in [1.807, 2.05) is 18.5 Å². The summed E-state index contributed by atoms with van der Waals surface area (Å²) < 4.78 is 5.70. The molecule has 1 fully saturated rings. The molecule has 0 bridgehead atoms. The number of hydrogen-bond donors (Lipinski definition) is 0. The van der Waals surface area contributed by atoms with E-state index in [4.69, 9.17) is 16.3 Å². The minimum Gasteiger partial charge on any atom is -0.373 e. The van der Waals surface area contributed by atoms with E-state index in [-0.39, 0.29) is 6.10 Å². The van der Waals surface area contributed by atoms with Crippen LogP contribution in [-0.4, -0.2) is 17.5 Å². The summed E-state index contributed by atoms with van der Waals surface area (Å²) in [7, 11) is 0. The molecule has 2 nitrogen and oxygen atoms in total. The molecule has 3 heteroatoms. The van der Waals surface area contributed by atoms with Gasteiger partial charge in [-0.25, -0.2) is 0 Å². The molecular formula is C11H14ClNO. The van der Waals surface area contributed by atoms with Crippen molar-refractivity contribution in [2.75, 3.05) is 12.5 Å².